The van der Waals surface area contributed by atoms with E-state index >= 15 is 0 Å². The number of hydrogen-bond donors (Lipinski definition) is 3. The molecule has 14 nitrogen and oxygen atoms in total. The largest absolute Gasteiger partial charge is 0.445 e. The third-order valence-corrected chi connectivity index (χ3v) is 7.85. The van der Waals surface area contributed by atoms with Gasteiger partial charge in [0.2, 0.25) is 0 Å². The smallest absolute Gasteiger partial charge is 0.429 e. The molecule has 0 spiro atoms. The fraction of sp³-hybridized carbons (Fsp3) is 0.528. The molecule has 2 heterocycles. The van der Waals surface area contributed by atoms with E-state index in [0.29, 0.717) is 5.69 Å². The molecule has 3 N–H and O–H groups in total. The average Bonchev–Trinajstić information content (AvgIpc) is 3.56. The number of aliphatic hydroxyl groups is 1. The van der Waals surface area contributed by atoms with Gasteiger partial charge in [0, 0.05) is 11.3 Å². The fourth-order valence-corrected chi connectivity index (χ4v) is 5.82. The van der Waals surface area contributed by atoms with E-state index in [9.17, 15) is 29.1 Å². The number of anilines is 1. The molecule has 4 rings (SSSR count). The third-order valence-electron chi connectivity index (χ3n) is 7.85. The summed E-state index contributed by atoms with van der Waals surface area (Å²) in [6.45, 7) is 13.8. The standard InChI is InChI=1S/C36H49N5O9/c1-22(2)18-26(38-30(43)24-14-16-25(17-15-24)37-32(45)49-35(3,4)5)31(44)41-29-27(19-40(41)34(47)50-36(6,7)8)39(20-28(29)42)33(46)48-21-23-12-10-9-11-13-23/h9-17,22,26-29,42H,18-21H2,1-8H3,(H,37,45)(H,38,43)/t26-,27?,28?,29?/m0/s1. The number of nitrogens with zero attached hydrogens (tertiary/aromatic N) is 3. The lowest BCUT2D eigenvalue weighted by atomic mass is 10.0. The summed E-state index contributed by atoms with van der Waals surface area (Å²) in [5, 5.41) is 18.9. The average molecular weight is 696 g/mol. The van der Waals surface area contributed by atoms with Gasteiger partial charge in [-0.15, -0.1) is 0 Å². The van der Waals surface area contributed by atoms with Crippen molar-refractivity contribution in [3.63, 3.8) is 0 Å². The number of hydrogen-bond acceptors (Lipinski definition) is 9. The molecule has 3 unspecified atom stereocenters. The van der Waals surface area contributed by atoms with Crippen LogP contribution in [0.4, 0.5) is 20.1 Å². The highest BCUT2D eigenvalue weighted by Gasteiger charge is 2.58. The zero-order chi connectivity index (χ0) is 37.0. The van der Waals surface area contributed by atoms with E-state index in [1.165, 1.54) is 29.2 Å². The monoisotopic (exact) mass is 695 g/mol. The van der Waals surface area contributed by atoms with Gasteiger partial charge in [0.25, 0.3) is 11.8 Å². The van der Waals surface area contributed by atoms with Crippen LogP contribution >= 0.6 is 0 Å². The van der Waals surface area contributed by atoms with E-state index in [4.69, 9.17) is 14.2 Å². The maximum absolute atomic E-state index is 14.4. The van der Waals surface area contributed by atoms with Crippen molar-refractivity contribution < 1.29 is 43.3 Å². The number of ether oxygens (including phenoxy) is 3. The predicted molar refractivity (Wildman–Crippen MR) is 184 cm³/mol. The molecular formula is C36H49N5O9. The molecule has 2 aromatic rings. The van der Waals surface area contributed by atoms with Crippen LogP contribution in [0.5, 0.6) is 0 Å². The number of carbonyl (C=O) groups excluding carboxylic acids is 5. The highest BCUT2D eigenvalue weighted by atomic mass is 16.6. The molecule has 0 radical (unpaired) electrons. The maximum atomic E-state index is 14.4. The van der Waals surface area contributed by atoms with Gasteiger partial charge in [-0.1, -0.05) is 44.2 Å². The molecule has 272 valence electrons. The van der Waals surface area contributed by atoms with E-state index < -0.39 is 65.5 Å². The second kappa shape index (κ2) is 15.4. The topological polar surface area (TPSA) is 167 Å². The van der Waals surface area contributed by atoms with Crippen LogP contribution in [0.1, 0.15) is 77.7 Å². The summed E-state index contributed by atoms with van der Waals surface area (Å²) in [5.74, 6) is -1.27. The molecule has 2 aliphatic rings. The number of nitrogens with one attached hydrogen (secondary N) is 2. The van der Waals surface area contributed by atoms with Crippen molar-refractivity contribution in [3.05, 3.63) is 65.7 Å². The molecule has 14 heteroatoms. The van der Waals surface area contributed by atoms with Crippen LogP contribution in [0.15, 0.2) is 54.6 Å². The summed E-state index contributed by atoms with van der Waals surface area (Å²) in [4.78, 5) is 68.2. The lowest BCUT2D eigenvalue weighted by Crippen LogP contribution is -2.58. The normalized spacial score (nSPS) is 19.5. The molecule has 0 aliphatic carbocycles. The number of benzene rings is 2. The molecule has 2 fully saturated rings. The van der Waals surface area contributed by atoms with Gasteiger partial charge in [-0.2, -0.15) is 0 Å². The zero-order valence-electron chi connectivity index (χ0n) is 30.0. The first kappa shape index (κ1) is 38.0. The maximum Gasteiger partial charge on any atom is 0.429 e. The number of aliphatic hydroxyl groups excluding tert-OH is 1. The van der Waals surface area contributed by atoms with E-state index in [0.717, 1.165) is 15.6 Å². The Kier molecular flexibility index (Phi) is 11.7. The van der Waals surface area contributed by atoms with Gasteiger partial charge in [0.1, 0.15) is 29.9 Å². The van der Waals surface area contributed by atoms with Crippen molar-refractivity contribution in [2.24, 2.45) is 5.92 Å². The molecule has 2 aromatic carbocycles. The first-order chi connectivity index (χ1) is 23.3. The minimum atomic E-state index is -1.22. The van der Waals surface area contributed by atoms with E-state index in [1.54, 1.807) is 41.5 Å². The molecule has 5 amide bonds. The van der Waals surface area contributed by atoms with Crippen molar-refractivity contribution in [1.82, 2.24) is 20.2 Å². The Labute approximate surface area is 293 Å². The summed E-state index contributed by atoms with van der Waals surface area (Å²) in [5.41, 5.74) is -0.195. The molecule has 50 heavy (non-hydrogen) atoms. The highest BCUT2D eigenvalue weighted by Crippen LogP contribution is 2.34. The van der Waals surface area contributed by atoms with Gasteiger partial charge >= 0.3 is 18.3 Å². The Balaban J connectivity index is 1.56. The van der Waals surface area contributed by atoms with Crippen LogP contribution in [-0.4, -0.2) is 98.6 Å². The Morgan fingerprint density at radius 1 is 0.860 bits per heavy atom. The second-order valence-electron chi connectivity index (χ2n) is 14.9. The summed E-state index contributed by atoms with van der Waals surface area (Å²) in [6, 6.07) is 12.3. The molecule has 2 saturated heterocycles. The number of hydrazine groups is 1. The lowest BCUT2D eigenvalue weighted by Gasteiger charge is -2.36. The van der Waals surface area contributed by atoms with Crippen molar-refractivity contribution in [3.8, 4) is 0 Å². The highest BCUT2D eigenvalue weighted by molar-refractivity contribution is 5.98. The Morgan fingerprint density at radius 3 is 2.06 bits per heavy atom. The quantitative estimate of drug-likeness (QED) is 0.325. The first-order valence-electron chi connectivity index (χ1n) is 16.7. The van der Waals surface area contributed by atoms with Gasteiger partial charge < -0.3 is 24.6 Å². The van der Waals surface area contributed by atoms with Gasteiger partial charge in [-0.3, -0.25) is 19.8 Å². The molecular weight excluding hydrogens is 646 g/mol. The fourth-order valence-electron chi connectivity index (χ4n) is 5.82. The van der Waals surface area contributed by atoms with Crippen molar-refractivity contribution in [2.45, 2.75) is 104 Å². The third kappa shape index (κ3) is 9.87. The van der Waals surface area contributed by atoms with Crippen LogP contribution in [-0.2, 0) is 25.6 Å². The van der Waals surface area contributed by atoms with Crippen LogP contribution < -0.4 is 10.6 Å². The Morgan fingerprint density at radius 2 is 1.48 bits per heavy atom. The van der Waals surface area contributed by atoms with Crippen molar-refractivity contribution >= 4 is 35.8 Å². The number of β-amino-alcohol motifs (C(OH)–C–C–N with tert-alkyl or cyclic N) is 1. The number of likely N-dealkylation sites (tertiary alicyclic amines) is 1. The Bertz CT molecular complexity index is 1540. The van der Waals surface area contributed by atoms with Crippen molar-refractivity contribution in [1.29, 1.82) is 0 Å². The molecule has 0 aromatic heterocycles. The SMILES string of the molecule is CC(C)C[C@H](NC(=O)c1ccc(NC(=O)OC(C)(C)C)cc1)C(=O)N1C2C(O)CN(C(=O)OCc3ccccc3)C2CN1C(=O)OC(C)(C)C. The van der Waals surface area contributed by atoms with Crippen LogP contribution in [0.3, 0.4) is 0 Å². The summed E-state index contributed by atoms with van der Waals surface area (Å²) in [6.07, 6.45) is -3.20. The van der Waals surface area contributed by atoms with Crippen LogP contribution in [0.25, 0.3) is 0 Å². The van der Waals surface area contributed by atoms with Gasteiger partial charge in [-0.25, -0.2) is 24.4 Å². The van der Waals surface area contributed by atoms with Crippen LogP contribution in [0, 0.1) is 5.92 Å². The summed E-state index contributed by atoms with van der Waals surface area (Å²) in [7, 11) is 0. The van der Waals surface area contributed by atoms with E-state index in [1.807, 2.05) is 44.2 Å². The predicted octanol–water partition coefficient (Wildman–Crippen LogP) is 4.92. The summed E-state index contributed by atoms with van der Waals surface area (Å²) < 4.78 is 16.4. The van der Waals surface area contributed by atoms with Gasteiger partial charge in [-0.05, 0) is 83.7 Å². The second-order valence-corrected chi connectivity index (χ2v) is 14.9. The number of amides is 5. The lowest BCUT2D eigenvalue weighted by molar-refractivity contribution is -0.152. The molecule has 0 saturated carbocycles. The minimum Gasteiger partial charge on any atom is -0.445 e. The number of rotatable bonds is 8. The molecule has 4 atom stereocenters. The van der Waals surface area contributed by atoms with Gasteiger partial charge in [0.05, 0.1) is 25.2 Å². The Hall–Kier alpha value is -4.85. The summed E-state index contributed by atoms with van der Waals surface area (Å²) >= 11 is 0. The number of carbonyl (C=O) groups is 5. The zero-order valence-corrected chi connectivity index (χ0v) is 30.0. The molecule has 2 aliphatic heterocycles. The van der Waals surface area contributed by atoms with E-state index in [-0.39, 0.29) is 37.6 Å². The van der Waals surface area contributed by atoms with Crippen LogP contribution in [0.2, 0.25) is 0 Å². The van der Waals surface area contributed by atoms with E-state index in [2.05, 4.69) is 10.6 Å². The van der Waals surface area contributed by atoms with Gasteiger partial charge in [0.15, 0.2) is 0 Å². The minimum absolute atomic E-state index is 0.00260. The number of fused-ring (bicyclic) bond motifs is 1. The van der Waals surface area contributed by atoms with Crippen molar-refractivity contribution in [2.75, 3.05) is 18.4 Å². The molecule has 0 bridgehead atoms. The first-order valence-corrected chi connectivity index (χ1v) is 16.7.